The lowest BCUT2D eigenvalue weighted by molar-refractivity contribution is 0.114. The zero-order valence-corrected chi connectivity index (χ0v) is 22.1. The molecule has 8 nitrogen and oxygen atoms in total. The molecule has 0 bridgehead atoms. The minimum Gasteiger partial charge on any atom is -0.457 e. The normalized spacial score (nSPS) is 23.2. The van der Waals surface area contributed by atoms with Crippen molar-refractivity contribution in [3.05, 3.63) is 72.8 Å². The topological polar surface area (TPSA) is 93.6 Å². The number of anilines is 1. The van der Waals surface area contributed by atoms with Crippen LogP contribution in [0.5, 0.6) is 5.75 Å². The average molecular weight is 518 g/mol. The fraction of sp³-hybridized carbons (Fsp3) is 0.414. The fourth-order valence-corrected chi connectivity index (χ4v) is 5.71. The van der Waals surface area contributed by atoms with Crippen LogP contribution in [0.2, 0.25) is 0 Å². The van der Waals surface area contributed by atoms with Crippen molar-refractivity contribution >= 4 is 11.3 Å². The van der Waals surface area contributed by atoms with Crippen molar-refractivity contribution in [2.75, 3.05) is 25.4 Å². The van der Waals surface area contributed by atoms with Crippen LogP contribution in [0, 0.1) is 5.82 Å². The van der Waals surface area contributed by atoms with Crippen molar-refractivity contribution < 1.29 is 9.13 Å². The standard InChI is InChI=1S/C29H36FN7O/c1-4-6-22(7-5-2)38-23-12-13-24(25(30)16-23)26-27-28(31)33-18-34-37(27)29(35-26)20-8-10-21(11-9-20)36-15-14-32-19(3)17-36/h4-7,12-13,16,18-21,32H,1,8-11,14-15,17H2,2-3H3,(H2,31,33,34)/b7-5-,22-6+/t19-,20?,21?/m0/s1. The Labute approximate surface area is 223 Å². The molecule has 1 saturated heterocycles. The van der Waals surface area contributed by atoms with Crippen molar-refractivity contribution in [1.29, 1.82) is 0 Å². The highest BCUT2D eigenvalue weighted by Crippen LogP contribution is 2.38. The van der Waals surface area contributed by atoms with E-state index in [4.69, 9.17) is 15.5 Å². The van der Waals surface area contributed by atoms with Crippen LogP contribution in [0.3, 0.4) is 0 Å². The molecular formula is C29H36FN7O. The second-order valence-electron chi connectivity index (χ2n) is 10.1. The molecule has 2 aromatic heterocycles. The molecule has 2 aliphatic rings. The number of rotatable bonds is 7. The predicted octanol–water partition coefficient (Wildman–Crippen LogP) is 4.86. The third kappa shape index (κ3) is 5.35. The summed E-state index contributed by atoms with van der Waals surface area (Å²) in [5, 5.41) is 8.01. The van der Waals surface area contributed by atoms with Crippen LogP contribution in [0.4, 0.5) is 10.2 Å². The minimum atomic E-state index is -0.452. The summed E-state index contributed by atoms with van der Waals surface area (Å²) in [5.74, 6) is 1.81. The van der Waals surface area contributed by atoms with Gasteiger partial charge >= 0.3 is 0 Å². The Bertz CT molecular complexity index is 1360. The number of aromatic nitrogens is 4. The summed E-state index contributed by atoms with van der Waals surface area (Å²) in [6.45, 7) is 11.1. The molecule has 200 valence electrons. The van der Waals surface area contributed by atoms with Gasteiger partial charge in [0.25, 0.3) is 0 Å². The molecule has 1 aliphatic heterocycles. The first-order valence-corrected chi connectivity index (χ1v) is 13.4. The van der Waals surface area contributed by atoms with Crippen LogP contribution in [0.15, 0.2) is 61.2 Å². The summed E-state index contributed by atoms with van der Waals surface area (Å²) in [6, 6.07) is 5.88. The monoisotopic (exact) mass is 517 g/mol. The number of fused-ring (bicyclic) bond motifs is 1. The number of halogens is 1. The van der Waals surface area contributed by atoms with E-state index < -0.39 is 5.82 Å². The van der Waals surface area contributed by atoms with Crippen LogP contribution in [0.25, 0.3) is 16.8 Å². The lowest BCUT2D eigenvalue weighted by atomic mass is 9.84. The van der Waals surface area contributed by atoms with E-state index in [0.717, 1.165) is 51.1 Å². The quantitative estimate of drug-likeness (QED) is 0.342. The van der Waals surface area contributed by atoms with Crippen molar-refractivity contribution in [3.8, 4) is 17.0 Å². The Morgan fingerprint density at radius 2 is 2.08 bits per heavy atom. The number of nitrogens with two attached hydrogens (primary N) is 1. The molecule has 9 heteroatoms. The summed E-state index contributed by atoms with van der Waals surface area (Å²) < 4.78 is 23.1. The summed E-state index contributed by atoms with van der Waals surface area (Å²) in [7, 11) is 0. The first-order chi connectivity index (χ1) is 18.5. The third-order valence-corrected chi connectivity index (χ3v) is 7.51. The first-order valence-electron chi connectivity index (χ1n) is 13.4. The highest BCUT2D eigenvalue weighted by molar-refractivity contribution is 5.85. The number of nitrogens with zero attached hydrogens (tertiary/aromatic N) is 5. The van der Waals surface area contributed by atoms with Crippen LogP contribution in [-0.4, -0.2) is 56.2 Å². The zero-order chi connectivity index (χ0) is 26.6. The number of piperazine rings is 1. The van der Waals surface area contributed by atoms with Gasteiger partial charge in [-0.25, -0.2) is 18.9 Å². The van der Waals surface area contributed by atoms with Gasteiger partial charge in [0, 0.05) is 49.3 Å². The maximum atomic E-state index is 15.5. The molecule has 2 fully saturated rings. The lowest BCUT2D eigenvalue weighted by Crippen LogP contribution is -2.53. The predicted molar refractivity (Wildman–Crippen MR) is 148 cm³/mol. The van der Waals surface area contributed by atoms with E-state index in [0.29, 0.717) is 40.4 Å². The smallest absolute Gasteiger partial charge is 0.153 e. The van der Waals surface area contributed by atoms with Crippen LogP contribution in [-0.2, 0) is 0 Å². The SMILES string of the molecule is C=C/C=C(\C=C/C)Oc1ccc(-c2nc(C3CCC(N4CCN[C@@H](C)C4)CC3)n3ncnc(N)c23)c(F)c1. The number of nitrogen functional groups attached to an aromatic ring is 1. The van der Waals surface area contributed by atoms with E-state index in [1.165, 1.54) is 12.4 Å². The van der Waals surface area contributed by atoms with Gasteiger partial charge in [-0.3, -0.25) is 4.90 Å². The summed E-state index contributed by atoms with van der Waals surface area (Å²) in [4.78, 5) is 11.7. The van der Waals surface area contributed by atoms with Crippen LogP contribution < -0.4 is 15.8 Å². The molecule has 1 aliphatic carbocycles. The highest BCUT2D eigenvalue weighted by Gasteiger charge is 2.32. The molecule has 0 radical (unpaired) electrons. The number of ether oxygens (including phenoxy) is 1. The Hall–Kier alpha value is -3.56. The second kappa shape index (κ2) is 11.4. The Morgan fingerprint density at radius 3 is 2.79 bits per heavy atom. The van der Waals surface area contributed by atoms with Crippen molar-refractivity contribution in [2.45, 2.75) is 57.5 Å². The molecule has 3 N–H and O–H groups in total. The van der Waals surface area contributed by atoms with Crippen molar-refractivity contribution in [3.63, 3.8) is 0 Å². The van der Waals surface area contributed by atoms with Gasteiger partial charge in [-0.05, 0) is 63.8 Å². The van der Waals surface area contributed by atoms with E-state index in [9.17, 15) is 0 Å². The molecule has 0 spiro atoms. The minimum absolute atomic E-state index is 0.222. The number of hydrogen-bond acceptors (Lipinski definition) is 7. The number of nitrogens with one attached hydrogen (secondary N) is 1. The number of benzene rings is 1. The largest absolute Gasteiger partial charge is 0.457 e. The first kappa shape index (κ1) is 26.1. The Morgan fingerprint density at radius 1 is 1.26 bits per heavy atom. The third-order valence-electron chi connectivity index (χ3n) is 7.51. The van der Waals surface area contributed by atoms with E-state index in [-0.39, 0.29) is 11.7 Å². The van der Waals surface area contributed by atoms with Gasteiger partial charge in [-0.2, -0.15) is 5.10 Å². The molecule has 1 aromatic carbocycles. The van der Waals surface area contributed by atoms with Gasteiger partial charge in [0.15, 0.2) is 5.82 Å². The van der Waals surface area contributed by atoms with Crippen LogP contribution in [0.1, 0.15) is 51.3 Å². The van der Waals surface area contributed by atoms with Crippen molar-refractivity contribution in [2.24, 2.45) is 0 Å². The molecule has 5 rings (SSSR count). The van der Waals surface area contributed by atoms with Gasteiger partial charge < -0.3 is 15.8 Å². The summed E-state index contributed by atoms with van der Waals surface area (Å²) in [6.07, 6.45) is 12.6. The van der Waals surface area contributed by atoms with Crippen molar-refractivity contribution in [1.82, 2.24) is 29.8 Å². The Kier molecular flexibility index (Phi) is 7.85. The highest BCUT2D eigenvalue weighted by atomic mass is 19.1. The molecule has 1 saturated carbocycles. The van der Waals surface area contributed by atoms with E-state index in [2.05, 4.69) is 33.8 Å². The van der Waals surface area contributed by atoms with E-state index >= 15 is 4.39 Å². The van der Waals surface area contributed by atoms with Gasteiger partial charge in [0.2, 0.25) is 0 Å². The molecule has 3 aromatic rings. The maximum Gasteiger partial charge on any atom is 0.153 e. The van der Waals surface area contributed by atoms with Gasteiger partial charge in [0.05, 0.1) is 0 Å². The molecule has 3 heterocycles. The number of hydrogen-bond donors (Lipinski definition) is 2. The van der Waals surface area contributed by atoms with Gasteiger partial charge in [-0.15, -0.1) is 0 Å². The Balaban J connectivity index is 1.42. The van der Waals surface area contributed by atoms with Gasteiger partial charge in [-0.1, -0.05) is 18.7 Å². The summed E-state index contributed by atoms with van der Waals surface area (Å²) >= 11 is 0. The molecule has 0 amide bonds. The fourth-order valence-electron chi connectivity index (χ4n) is 5.71. The van der Waals surface area contributed by atoms with E-state index in [1.54, 1.807) is 34.9 Å². The molecule has 38 heavy (non-hydrogen) atoms. The summed E-state index contributed by atoms with van der Waals surface area (Å²) in [5.41, 5.74) is 7.62. The van der Waals surface area contributed by atoms with Gasteiger partial charge in [0.1, 0.15) is 40.7 Å². The number of imidazole rings is 1. The second-order valence-corrected chi connectivity index (χ2v) is 10.1. The molecule has 0 unspecified atom stereocenters. The van der Waals surface area contributed by atoms with E-state index in [1.807, 2.05) is 13.0 Å². The molecular weight excluding hydrogens is 481 g/mol. The molecule has 1 atom stereocenters. The number of allylic oxidation sites excluding steroid dienone is 4. The van der Waals surface area contributed by atoms with Crippen LogP contribution >= 0.6 is 0 Å². The maximum absolute atomic E-state index is 15.5. The average Bonchev–Trinajstić information content (AvgIpc) is 3.30. The zero-order valence-electron chi connectivity index (χ0n) is 22.1. The lowest BCUT2D eigenvalue weighted by Gasteiger charge is -2.40.